The maximum Gasteiger partial charge on any atom is 0.416 e. The second-order valence-electron chi connectivity index (χ2n) is 8.85. The number of carbonyl (C=O) groups is 1. The average Bonchev–Trinajstić information content (AvgIpc) is 3.26. The third-order valence-electron chi connectivity index (χ3n) is 5.62. The van der Waals surface area contributed by atoms with Crippen LogP contribution in [0.25, 0.3) is 11.3 Å². The molecule has 0 spiro atoms. The Balaban J connectivity index is 1.45. The summed E-state index contributed by atoms with van der Waals surface area (Å²) in [6.45, 7) is 4.59. The van der Waals surface area contributed by atoms with Crippen molar-refractivity contribution in [3.63, 3.8) is 0 Å². The number of halogens is 3. The van der Waals surface area contributed by atoms with Gasteiger partial charge in [0.15, 0.2) is 0 Å². The fourth-order valence-electron chi connectivity index (χ4n) is 3.87. The van der Waals surface area contributed by atoms with Gasteiger partial charge in [-0.25, -0.2) is 14.8 Å². The van der Waals surface area contributed by atoms with E-state index in [1.807, 2.05) is 13.8 Å². The number of amides is 2. The molecule has 1 aliphatic rings. The van der Waals surface area contributed by atoms with Gasteiger partial charge in [-0.2, -0.15) is 18.3 Å². The van der Waals surface area contributed by atoms with Crippen molar-refractivity contribution < 1.29 is 27.8 Å². The highest BCUT2D eigenvalue weighted by Crippen LogP contribution is 2.35. The van der Waals surface area contributed by atoms with E-state index in [1.54, 1.807) is 6.20 Å². The Morgan fingerprint density at radius 2 is 2.05 bits per heavy atom. The van der Waals surface area contributed by atoms with Gasteiger partial charge in [-0.1, -0.05) is 12.1 Å². The number of nitrogens with one attached hydrogen (secondary N) is 2. The van der Waals surface area contributed by atoms with Crippen LogP contribution in [0, 0.1) is 0 Å². The van der Waals surface area contributed by atoms with Crippen LogP contribution < -0.4 is 10.6 Å². The number of hydrogen-bond acceptors (Lipinski definition) is 7. The van der Waals surface area contributed by atoms with E-state index in [0.29, 0.717) is 25.3 Å². The number of aliphatic hydroxyl groups excluding tert-OH is 1. The Morgan fingerprint density at radius 1 is 1.27 bits per heavy atom. The second kappa shape index (κ2) is 11.1. The van der Waals surface area contributed by atoms with Crippen molar-refractivity contribution in [2.24, 2.45) is 0 Å². The summed E-state index contributed by atoms with van der Waals surface area (Å²) in [6, 6.07) is 4.96. The summed E-state index contributed by atoms with van der Waals surface area (Å²) in [6.07, 6.45) is -0.0324. The molecule has 1 aromatic carbocycles. The fourth-order valence-corrected chi connectivity index (χ4v) is 3.87. The third kappa shape index (κ3) is 6.74. The Hall–Kier alpha value is -3.71. The summed E-state index contributed by atoms with van der Waals surface area (Å²) in [5, 5.41) is 18.6. The van der Waals surface area contributed by atoms with Crippen molar-refractivity contribution >= 4 is 17.7 Å². The van der Waals surface area contributed by atoms with E-state index >= 15 is 0 Å². The van der Waals surface area contributed by atoms with Gasteiger partial charge in [0, 0.05) is 24.5 Å². The lowest BCUT2D eigenvalue weighted by molar-refractivity contribution is -0.138. The Labute approximate surface area is 211 Å². The number of aliphatic hydroxyl groups is 1. The zero-order valence-electron chi connectivity index (χ0n) is 20.4. The van der Waals surface area contributed by atoms with Gasteiger partial charge < -0.3 is 25.4 Å². The van der Waals surface area contributed by atoms with Crippen LogP contribution in [-0.2, 0) is 24.0 Å². The van der Waals surface area contributed by atoms with Crippen molar-refractivity contribution in [3.8, 4) is 11.3 Å². The number of alkyl halides is 3. The molecule has 37 heavy (non-hydrogen) atoms. The van der Waals surface area contributed by atoms with Crippen LogP contribution in [0.15, 0.2) is 42.9 Å². The second-order valence-corrected chi connectivity index (χ2v) is 8.85. The first-order valence-corrected chi connectivity index (χ1v) is 11.7. The van der Waals surface area contributed by atoms with Crippen molar-refractivity contribution in [2.75, 3.05) is 25.0 Å². The molecule has 0 bridgehead atoms. The predicted octanol–water partition coefficient (Wildman–Crippen LogP) is 3.41. The van der Waals surface area contributed by atoms with E-state index in [0.717, 1.165) is 6.07 Å². The van der Waals surface area contributed by atoms with Crippen molar-refractivity contribution in [1.82, 2.24) is 30.0 Å². The van der Waals surface area contributed by atoms with E-state index in [2.05, 4.69) is 25.7 Å². The number of rotatable bonds is 9. The van der Waals surface area contributed by atoms with Crippen LogP contribution >= 0.6 is 0 Å². The van der Waals surface area contributed by atoms with Crippen LogP contribution in [0.2, 0.25) is 0 Å². The Morgan fingerprint density at radius 3 is 2.76 bits per heavy atom. The summed E-state index contributed by atoms with van der Waals surface area (Å²) in [4.78, 5) is 22.3. The first kappa shape index (κ1) is 26.4. The molecule has 0 aliphatic carbocycles. The molecule has 3 N–H and O–H groups in total. The minimum absolute atomic E-state index is 0.0423. The number of aromatic nitrogens is 4. The van der Waals surface area contributed by atoms with Crippen LogP contribution in [0.1, 0.15) is 25.0 Å². The quantitative estimate of drug-likeness (QED) is 0.397. The number of urea groups is 1. The van der Waals surface area contributed by atoms with Gasteiger partial charge in [-0.15, -0.1) is 0 Å². The van der Waals surface area contributed by atoms with Gasteiger partial charge >= 0.3 is 12.2 Å². The van der Waals surface area contributed by atoms with Crippen LogP contribution in [-0.4, -0.2) is 67.7 Å². The molecular formula is C24H28F3N7O3. The standard InChI is InChI=1S/C24H28F3N7O3/c1-15(2)37-19-13-33(14-19)23(36)29-10-17-4-3-16(9-20(17)24(25,26)27)21-5-6-28-22(32-21)31-18-11-30-34(12-18)7-8-35/h3-6,9,11-12,15,19,35H,7-8,10,13-14H2,1-2H3,(H,29,36)(H,28,31,32). The van der Waals surface area contributed by atoms with Crippen molar-refractivity contribution in [3.05, 3.63) is 54.0 Å². The van der Waals surface area contributed by atoms with Crippen LogP contribution in [0.4, 0.5) is 29.6 Å². The van der Waals surface area contributed by atoms with Gasteiger partial charge in [0.05, 0.1) is 61.6 Å². The summed E-state index contributed by atoms with van der Waals surface area (Å²) in [5.74, 6) is 0.181. The number of carbonyl (C=O) groups excluding carboxylic acids is 1. The van der Waals surface area contributed by atoms with E-state index in [-0.39, 0.29) is 48.1 Å². The molecule has 3 heterocycles. The van der Waals surface area contributed by atoms with Crippen molar-refractivity contribution in [1.29, 1.82) is 0 Å². The monoisotopic (exact) mass is 519 g/mol. The summed E-state index contributed by atoms with van der Waals surface area (Å²) in [7, 11) is 0. The van der Waals surface area contributed by atoms with E-state index < -0.39 is 17.8 Å². The lowest BCUT2D eigenvalue weighted by Crippen LogP contribution is -2.58. The van der Waals surface area contributed by atoms with E-state index in [1.165, 1.54) is 40.2 Å². The van der Waals surface area contributed by atoms with Gasteiger partial charge in [0.1, 0.15) is 0 Å². The fraction of sp³-hybridized carbons (Fsp3) is 0.417. The molecule has 4 rings (SSSR count). The Kier molecular flexibility index (Phi) is 7.93. The minimum Gasteiger partial charge on any atom is -0.394 e. The largest absolute Gasteiger partial charge is 0.416 e. The molecule has 10 nitrogen and oxygen atoms in total. The van der Waals surface area contributed by atoms with Gasteiger partial charge in [-0.05, 0) is 31.5 Å². The Bertz CT molecular complexity index is 1230. The molecule has 3 aromatic rings. The number of nitrogens with zero attached hydrogens (tertiary/aromatic N) is 5. The maximum atomic E-state index is 13.9. The SMILES string of the molecule is CC(C)OC1CN(C(=O)NCc2ccc(-c3ccnc(Nc4cnn(CCO)c4)n3)cc2C(F)(F)F)C1. The average molecular weight is 520 g/mol. The first-order chi connectivity index (χ1) is 17.6. The highest BCUT2D eigenvalue weighted by atomic mass is 19.4. The normalized spacial score (nSPS) is 14.1. The molecule has 2 amide bonds. The lowest BCUT2D eigenvalue weighted by atomic mass is 10.0. The summed E-state index contributed by atoms with van der Waals surface area (Å²) in [5.41, 5.74) is 0.201. The number of likely N-dealkylation sites (tertiary alicyclic amines) is 1. The molecule has 0 radical (unpaired) electrons. The topological polar surface area (TPSA) is 117 Å². The summed E-state index contributed by atoms with van der Waals surface area (Å²) < 4.78 is 48.8. The number of benzene rings is 1. The van der Waals surface area contributed by atoms with Gasteiger partial charge in [0.2, 0.25) is 5.95 Å². The zero-order valence-corrected chi connectivity index (χ0v) is 20.4. The summed E-state index contributed by atoms with van der Waals surface area (Å²) >= 11 is 0. The van der Waals surface area contributed by atoms with Crippen LogP contribution in [0.5, 0.6) is 0 Å². The number of hydrogen-bond donors (Lipinski definition) is 3. The predicted molar refractivity (Wildman–Crippen MR) is 129 cm³/mol. The molecule has 198 valence electrons. The molecular weight excluding hydrogens is 491 g/mol. The number of ether oxygens (including phenoxy) is 1. The zero-order chi connectivity index (χ0) is 26.6. The smallest absolute Gasteiger partial charge is 0.394 e. The molecule has 1 fully saturated rings. The van der Waals surface area contributed by atoms with E-state index in [4.69, 9.17) is 9.84 Å². The van der Waals surface area contributed by atoms with Crippen LogP contribution in [0.3, 0.4) is 0 Å². The highest BCUT2D eigenvalue weighted by Gasteiger charge is 2.35. The molecule has 0 atom stereocenters. The van der Waals surface area contributed by atoms with Gasteiger partial charge in [0.25, 0.3) is 0 Å². The molecule has 0 unspecified atom stereocenters. The van der Waals surface area contributed by atoms with E-state index in [9.17, 15) is 18.0 Å². The molecule has 1 aliphatic heterocycles. The highest BCUT2D eigenvalue weighted by molar-refractivity contribution is 5.75. The first-order valence-electron chi connectivity index (χ1n) is 11.7. The molecule has 0 saturated carbocycles. The minimum atomic E-state index is -4.63. The van der Waals surface area contributed by atoms with Crippen molar-refractivity contribution in [2.45, 2.75) is 45.3 Å². The molecule has 1 saturated heterocycles. The molecule has 13 heteroatoms. The van der Waals surface area contributed by atoms with Gasteiger partial charge in [-0.3, -0.25) is 4.68 Å². The third-order valence-corrected chi connectivity index (χ3v) is 5.62. The maximum absolute atomic E-state index is 13.9. The lowest BCUT2D eigenvalue weighted by Gasteiger charge is -2.39. The molecule has 2 aromatic heterocycles. The number of anilines is 2.